The van der Waals surface area contributed by atoms with Crippen molar-refractivity contribution in [1.82, 2.24) is 0 Å². The van der Waals surface area contributed by atoms with Crippen LogP contribution in [0.3, 0.4) is 0 Å². The molecule has 0 aliphatic carbocycles. The Hall–Kier alpha value is -1.07. The van der Waals surface area contributed by atoms with Crippen LogP contribution in [0.5, 0.6) is 11.5 Å². The van der Waals surface area contributed by atoms with Crippen LogP contribution in [0.4, 0.5) is 0 Å². The lowest BCUT2D eigenvalue weighted by molar-refractivity contribution is 0.0999. The Labute approximate surface area is 116 Å². The minimum absolute atomic E-state index is 0.0339. The molecule has 0 aliphatic rings. The van der Waals surface area contributed by atoms with Gasteiger partial charge in [0.15, 0.2) is 17.3 Å². The summed E-state index contributed by atoms with van der Waals surface area (Å²) in [6, 6.07) is 1.73. The van der Waals surface area contributed by atoms with E-state index in [-0.39, 0.29) is 18.2 Å². The molecule has 0 saturated heterocycles. The Kier molecular flexibility index (Phi) is 5.16. The van der Waals surface area contributed by atoms with Crippen molar-refractivity contribution >= 4 is 21.7 Å². The van der Waals surface area contributed by atoms with Crippen LogP contribution in [0, 0.1) is 0 Å². The number of nitrogens with two attached hydrogens (primary N) is 1. The molecule has 0 bridgehead atoms. The quantitative estimate of drug-likeness (QED) is 0.849. The summed E-state index contributed by atoms with van der Waals surface area (Å²) in [4.78, 5) is 12.0. The first-order valence-corrected chi connectivity index (χ1v) is 6.44. The fourth-order valence-corrected chi connectivity index (χ4v) is 2.57. The first kappa shape index (κ1) is 15.0. The van der Waals surface area contributed by atoms with E-state index in [1.807, 2.05) is 13.8 Å². The summed E-state index contributed by atoms with van der Waals surface area (Å²) in [7, 11) is 3.13. The molecule has 0 atom stereocenters. The monoisotopic (exact) mass is 315 g/mol. The van der Waals surface area contributed by atoms with Gasteiger partial charge in [-0.2, -0.15) is 0 Å². The van der Waals surface area contributed by atoms with Gasteiger partial charge in [-0.3, -0.25) is 4.79 Å². The van der Waals surface area contributed by atoms with Gasteiger partial charge in [0.25, 0.3) is 0 Å². The molecule has 1 aromatic carbocycles. The van der Waals surface area contributed by atoms with E-state index in [0.29, 0.717) is 21.5 Å². The maximum atomic E-state index is 12.0. The van der Waals surface area contributed by atoms with Crippen molar-refractivity contribution in [3.05, 3.63) is 21.7 Å². The molecule has 0 fully saturated rings. The second kappa shape index (κ2) is 6.20. The Morgan fingerprint density at radius 2 is 2.00 bits per heavy atom. The predicted molar refractivity (Wildman–Crippen MR) is 74.7 cm³/mol. The number of ketones is 1. The van der Waals surface area contributed by atoms with Gasteiger partial charge in [0, 0.05) is 15.6 Å². The molecule has 1 rings (SSSR count). The van der Waals surface area contributed by atoms with E-state index in [1.165, 1.54) is 0 Å². The molecule has 0 aliphatic heterocycles. The first-order chi connectivity index (χ1) is 8.47. The highest BCUT2D eigenvalue weighted by molar-refractivity contribution is 9.10. The van der Waals surface area contributed by atoms with E-state index in [9.17, 15) is 4.79 Å². The molecule has 100 valence electrons. The molecule has 0 amide bonds. The molecule has 0 saturated carbocycles. The summed E-state index contributed by atoms with van der Waals surface area (Å²) in [6.45, 7) is 3.96. The molecule has 0 unspecified atom stereocenters. The van der Waals surface area contributed by atoms with E-state index >= 15 is 0 Å². The summed E-state index contributed by atoms with van der Waals surface area (Å²) in [5, 5.41) is 0. The van der Waals surface area contributed by atoms with Gasteiger partial charge in [0.2, 0.25) is 0 Å². The lowest BCUT2D eigenvalue weighted by Crippen LogP contribution is -2.17. The summed E-state index contributed by atoms with van der Waals surface area (Å²) in [5.74, 6) is 1.19. The zero-order valence-electron chi connectivity index (χ0n) is 11.0. The standard InChI is InChI=1S/C13H18BrNO3/c1-7(2)11-12(9(16)6-15)8(14)5-10(17-3)13(11)18-4/h5,7H,6,15H2,1-4H3. The van der Waals surface area contributed by atoms with Crippen LogP contribution in [0.2, 0.25) is 0 Å². The average molecular weight is 316 g/mol. The number of hydrogen-bond donors (Lipinski definition) is 1. The van der Waals surface area contributed by atoms with Gasteiger partial charge in [-0.25, -0.2) is 0 Å². The molecule has 5 heteroatoms. The molecule has 0 spiro atoms. The van der Waals surface area contributed by atoms with Gasteiger partial charge >= 0.3 is 0 Å². The van der Waals surface area contributed by atoms with Crippen LogP contribution in [-0.2, 0) is 0 Å². The van der Waals surface area contributed by atoms with Crippen molar-refractivity contribution in [2.45, 2.75) is 19.8 Å². The van der Waals surface area contributed by atoms with Gasteiger partial charge < -0.3 is 15.2 Å². The van der Waals surface area contributed by atoms with Crippen molar-refractivity contribution in [1.29, 1.82) is 0 Å². The average Bonchev–Trinajstić information content (AvgIpc) is 2.36. The van der Waals surface area contributed by atoms with Crippen LogP contribution in [0.1, 0.15) is 35.7 Å². The number of ether oxygens (including phenoxy) is 2. The third-order valence-electron chi connectivity index (χ3n) is 2.70. The molecule has 2 N–H and O–H groups in total. The van der Waals surface area contributed by atoms with Gasteiger partial charge in [0.05, 0.1) is 20.8 Å². The molecule has 0 radical (unpaired) electrons. The van der Waals surface area contributed by atoms with Crippen molar-refractivity contribution in [2.24, 2.45) is 5.73 Å². The smallest absolute Gasteiger partial charge is 0.177 e. The van der Waals surface area contributed by atoms with Gasteiger partial charge in [-0.1, -0.05) is 13.8 Å². The third-order valence-corrected chi connectivity index (χ3v) is 3.33. The second-order valence-electron chi connectivity index (χ2n) is 4.16. The fourth-order valence-electron chi connectivity index (χ4n) is 1.93. The number of hydrogen-bond acceptors (Lipinski definition) is 4. The number of halogens is 1. The van der Waals surface area contributed by atoms with Crippen molar-refractivity contribution in [3.63, 3.8) is 0 Å². The van der Waals surface area contributed by atoms with Gasteiger partial charge in [0.1, 0.15) is 0 Å². The largest absolute Gasteiger partial charge is 0.493 e. The molecule has 18 heavy (non-hydrogen) atoms. The van der Waals surface area contributed by atoms with Crippen molar-refractivity contribution < 1.29 is 14.3 Å². The number of methoxy groups -OCH3 is 2. The number of Topliss-reactive ketones (excluding diaryl/α,β-unsaturated/α-hetero) is 1. The van der Waals surface area contributed by atoms with Crippen LogP contribution >= 0.6 is 15.9 Å². The van der Waals surface area contributed by atoms with Crippen LogP contribution in [-0.4, -0.2) is 26.5 Å². The minimum atomic E-state index is -0.119. The SMILES string of the molecule is COc1cc(Br)c(C(=O)CN)c(C(C)C)c1OC. The number of carbonyl (C=O) groups excluding carboxylic acids is 1. The highest BCUT2D eigenvalue weighted by atomic mass is 79.9. The zero-order chi connectivity index (χ0) is 13.9. The molecular formula is C13H18BrNO3. The second-order valence-corrected chi connectivity index (χ2v) is 5.02. The highest BCUT2D eigenvalue weighted by Crippen LogP contribution is 2.42. The zero-order valence-corrected chi connectivity index (χ0v) is 12.6. The van der Waals surface area contributed by atoms with E-state index < -0.39 is 0 Å². The van der Waals surface area contributed by atoms with Gasteiger partial charge in [-0.15, -0.1) is 0 Å². The van der Waals surface area contributed by atoms with E-state index in [1.54, 1.807) is 20.3 Å². The molecular weight excluding hydrogens is 298 g/mol. The summed E-state index contributed by atoms with van der Waals surface area (Å²) in [6.07, 6.45) is 0. The maximum absolute atomic E-state index is 12.0. The molecule has 4 nitrogen and oxygen atoms in total. The highest BCUT2D eigenvalue weighted by Gasteiger charge is 2.24. The number of rotatable bonds is 5. The first-order valence-electron chi connectivity index (χ1n) is 5.65. The van der Waals surface area contributed by atoms with Crippen LogP contribution in [0.25, 0.3) is 0 Å². The Morgan fingerprint density at radius 3 is 2.39 bits per heavy atom. The molecule has 1 aromatic rings. The fraction of sp³-hybridized carbons (Fsp3) is 0.462. The van der Waals surface area contributed by atoms with E-state index in [0.717, 1.165) is 5.56 Å². The summed E-state index contributed by atoms with van der Waals surface area (Å²) < 4.78 is 11.3. The maximum Gasteiger partial charge on any atom is 0.177 e. The minimum Gasteiger partial charge on any atom is -0.493 e. The normalized spacial score (nSPS) is 10.6. The summed E-state index contributed by atoms with van der Waals surface area (Å²) in [5.41, 5.74) is 6.85. The number of carbonyl (C=O) groups is 1. The van der Waals surface area contributed by atoms with Crippen LogP contribution in [0.15, 0.2) is 10.5 Å². The third kappa shape index (κ3) is 2.67. The number of benzene rings is 1. The molecule has 0 aromatic heterocycles. The lowest BCUT2D eigenvalue weighted by Gasteiger charge is -2.20. The topological polar surface area (TPSA) is 61.5 Å². The van der Waals surface area contributed by atoms with Crippen LogP contribution < -0.4 is 15.2 Å². The summed E-state index contributed by atoms with van der Waals surface area (Å²) >= 11 is 3.40. The predicted octanol–water partition coefficient (Wildman–Crippen LogP) is 2.73. The Bertz CT molecular complexity index is 458. The van der Waals surface area contributed by atoms with Crippen molar-refractivity contribution in [3.8, 4) is 11.5 Å². The Balaban J connectivity index is 3.64. The van der Waals surface area contributed by atoms with Crippen molar-refractivity contribution in [2.75, 3.05) is 20.8 Å². The van der Waals surface area contributed by atoms with E-state index in [4.69, 9.17) is 15.2 Å². The molecule has 0 heterocycles. The Morgan fingerprint density at radius 1 is 1.39 bits per heavy atom. The lowest BCUT2D eigenvalue weighted by atomic mass is 9.93. The van der Waals surface area contributed by atoms with Gasteiger partial charge in [-0.05, 0) is 27.9 Å². The van der Waals surface area contributed by atoms with E-state index in [2.05, 4.69) is 15.9 Å².